The highest BCUT2D eigenvalue weighted by Crippen LogP contribution is 2.28. The first-order valence-corrected chi connectivity index (χ1v) is 4.28. The summed E-state index contributed by atoms with van der Waals surface area (Å²) in [5.41, 5.74) is 8.84. The summed E-state index contributed by atoms with van der Waals surface area (Å²) in [6.45, 7) is 0. The molecular weight excluding hydrogens is 182 g/mol. The maximum absolute atomic E-state index is 5.51. The third-order valence-corrected chi connectivity index (χ3v) is 2.30. The summed E-state index contributed by atoms with van der Waals surface area (Å²) >= 11 is 0. The number of aryl methyl sites for hydroxylation is 2. The van der Waals surface area contributed by atoms with Crippen LogP contribution in [-0.4, -0.2) is 20.3 Å². The topological polar surface area (TPSA) is 90.7 Å². The Bertz CT molecular complexity index is 492. The summed E-state index contributed by atoms with van der Waals surface area (Å²) in [7, 11) is 0. The van der Waals surface area contributed by atoms with Gasteiger partial charge in [-0.25, -0.2) is 14.6 Å². The molecule has 70 valence electrons. The van der Waals surface area contributed by atoms with Crippen molar-refractivity contribution >= 4 is 5.95 Å². The Labute approximate surface area is 79.1 Å². The molecule has 0 spiro atoms. The molecule has 1 aliphatic carbocycles. The van der Waals surface area contributed by atoms with Crippen LogP contribution in [0.1, 0.15) is 11.3 Å². The van der Waals surface area contributed by atoms with Gasteiger partial charge in [0.25, 0.3) is 0 Å². The molecule has 0 atom stereocenters. The fourth-order valence-corrected chi connectivity index (χ4v) is 1.61. The van der Waals surface area contributed by atoms with Crippen LogP contribution >= 0.6 is 0 Å². The summed E-state index contributed by atoms with van der Waals surface area (Å²) in [5, 5.41) is 7.61. The molecule has 6 nitrogen and oxygen atoms in total. The first-order chi connectivity index (χ1) is 6.84. The van der Waals surface area contributed by atoms with Crippen molar-refractivity contribution in [1.29, 1.82) is 0 Å². The van der Waals surface area contributed by atoms with E-state index in [0.29, 0.717) is 5.69 Å². The largest absolute Gasteiger partial charge is 0.368 e. The first-order valence-electron chi connectivity index (χ1n) is 4.28. The smallest absolute Gasteiger partial charge is 0.220 e. The number of nitrogens with two attached hydrogens (primary N) is 1. The Kier molecular flexibility index (Phi) is 1.33. The van der Waals surface area contributed by atoms with E-state index in [0.717, 1.165) is 29.8 Å². The summed E-state index contributed by atoms with van der Waals surface area (Å²) in [5.74, 6) is 0.250. The van der Waals surface area contributed by atoms with Crippen LogP contribution in [-0.2, 0) is 12.8 Å². The number of nitrogen functional groups attached to an aromatic ring is 1. The highest BCUT2D eigenvalue weighted by molar-refractivity contribution is 5.63. The van der Waals surface area contributed by atoms with Crippen molar-refractivity contribution in [2.24, 2.45) is 0 Å². The molecule has 1 aliphatic rings. The standard InChI is InChI=1S/C8H7N5O/c9-8-10-3-4-1-2-5-7(6(4)11-8)13-14-12-5/h3H,1-2H2,(H2,9,10,11). The van der Waals surface area contributed by atoms with E-state index in [1.54, 1.807) is 6.20 Å². The van der Waals surface area contributed by atoms with E-state index >= 15 is 0 Å². The second-order valence-electron chi connectivity index (χ2n) is 3.16. The molecule has 0 unspecified atom stereocenters. The molecule has 2 aromatic rings. The van der Waals surface area contributed by atoms with Gasteiger partial charge in [0, 0.05) is 6.20 Å². The quantitative estimate of drug-likeness (QED) is 0.636. The molecule has 0 bridgehead atoms. The van der Waals surface area contributed by atoms with Crippen LogP contribution in [0.5, 0.6) is 0 Å². The van der Waals surface area contributed by atoms with Crippen LogP contribution in [0.4, 0.5) is 5.95 Å². The predicted molar refractivity (Wildman–Crippen MR) is 47.1 cm³/mol. The third-order valence-electron chi connectivity index (χ3n) is 2.30. The number of anilines is 1. The normalized spacial score (nSPS) is 13.4. The summed E-state index contributed by atoms with van der Waals surface area (Å²) < 4.78 is 4.66. The SMILES string of the molecule is Nc1ncc2c(n1)-c1nonc1CC2. The minimum atomic E-state index is 0.250. The number of nitrogens with zero attached hydrogens (tertiary/aromatic N) is 4. The van der Waals surface area contributed by atoms with Crippen molar-refractivity contribution in [2.75, 3.05) is 5.73 Å². The molecule has 0 aliphatic heterocycles. The molecule has 0 radical (unpaired) electrons. The van der Waals surface area contributed by atoms with Gasteiger partial charge in [-0.3, -0.25) is 0 Å². The Balaban J connectivity index is 2.28. The maximum Gasteiger partial charge on any atom is 0.220 e. The third kappa shape index (κ3) is 0.905. The van der Waals surface area contributed by atoms with Crippen LogP contribution in [0.25, 0.3) is 11.4 Å². The Morgan fingerprint density at radius 2 is 2.14 bits per heavy atom. The highest BCUT2D eigenvalue weighted by Gasteiger charge is 2.22. The number of rotatable bonds is 0. The molecular formula is C8H7N5O. The van der Waals surface area contributed by atoms with Crippen LogP contribution in [0.15, 0.2) is 10.8 Å². The van der Waals surface area contributed by atoms with E-state index in [1.165, 1.54) is 0 Å². The molecule has 14 heavy (non-hydrogen) atoms. The summed E-state index contributed by atoms with van der Waals surface area (Å²) in [6, 6.07) is 0. The van der Waals surface area contributed by atoms with Crippen LogP contribution in [0, 0.1) is 0 Å². The molecule has 2 heterocycles. The molecule has 6 heteroatoms. The van der Waals surface area contributed by atoms with Gasteiger partial charge in [0.1, 0.15) is 11.4 Å². The minimum absolute atomic E-state index is 0.250. The van der Waals surface area contributed by atoms with Crippen molar-refractivity contribution in [2.45, 2.75) is 12.8 Å². The zero-order valence-corrected chi connectivity index (χ0v) is 7.27. The second kappa shape index (κ2) is 2.50. The lowest BCUT2D eigenvalue weighted by molar-refractivity contribution is 0.304. The van der Waals surface area contributed by atoms with E-state index in [2.05, 4.69) is 24.9 Å². The Morgan fingerprint density at radius 1 is 1.21 bits per heavy atom. The molecule has 0 aromatic carbocycles. The molecule has 0 saturated heterocycles. The fraction of sp³-hybridized carbons (Fsp3) is 0.250. The molecule has 0 amide bonds. The number of hydrogen-bond donors (Lipinski definition) is 1. The van der Waals surface area contributed by atoms with Gasteiger partial charge < -0.3 is 5.73 Å². The highest BCUT2D eigenvalue weighted by atomic mass is 16.6. The van der Waals surface area contributed by atoms with Crippen molar-refractivity contribution < 1.29 is 4.63 Å². The van der Waals surface area contributed by atoms with Gasteiger partial charge in [-0.2, -0.15) is 0 Å². The van der Waals surface area contributed by atoms with Gasteiger partial charge >= 0.3 is 0 Å². The lowest BCUT2D eigenvalue weighted by Gasteiger charge is -2.10. The summed E-state index contributed by atoms with van der Waals surface area (Å²) in [6.07, 6.45) is 3.41. The fourth-order valence-electron chi connectivity index (χ4n) is 1.61. The van der Waals surface area contributed by atoms with Gasteiger partial charge in [-0.15, -0.1) is 0 Å². The lowest BCUT2D eigenvalue weighted by Crippen LogP contribution is -2.08. The average Bonchev–Trinajstić information content (AvgIpc) is 2.65. The van der Waals surface area contributed by atoms with Gasteiger partial charge in [0.15, 0.2) is 5.69 Å². The van der Waals surface area contributed by atoms with E-state index in [-0.39, 0.29) is 5.95 Å². The molecule has 2 aromatic heterocycles. The van der Waals surface area contributed by atoms with Crippen molar-refractivity contribution in [3.63, 3.8) is 0 Å². The zero-order chi connectivity index (χ0) is 9.54. The van der Waals surface area contributed by atoms with Gasteiger partial charge in [-0.1, -0.05) is 5.16 Å². The molecule has 0 saturated carbocycles. The molecule has 2 N–H and O–H groups in total. The van der Waals surface area contributed by atoms with Crippen LogP contribution < -0.4 is 5.73 Å². The van der Waals surface area contributed by atoms with E-state index in [9.17, 15) is 0 Å². The van der Waals surface area contributed by atoms with Gasteiger partial charge in [0.2, 0.25) is 5.95 Å². The minimum Gasteiger partial charge on any atom is -0.368 e. The zero-order valence-electron chi connectivity index (χ0n) is 7.27. The predicted octanol–water partition coefficient (Wildman–Crippen LogP) is 0.207. The number of hydrogen-bond acceptors (Lipinski definition) is 6. The van der Waals surface area contributed by atoms with Crippen LogP contribution in [0.2, 0.25) is 0 Å². The van der Waals surface area contributed by atoms with Gasteiger partial charge in [0.05, 0.1) is 0 Å². The molecule has 3 rings (SSSR count). The van der Waals surface area contributed by atoms with E-state index < -0.39 is 0 Å². The monoisotopic (exact) mass is 189 g/mol. The van der Waals surface area contributed by atoms with Gasteiger partial charge in [-0.05, 0) is 23.6 Å². The average molecular weight is 189 g/mol. The number of aromatic nitrogens is 4. The first kappa shape index (κ1) is 7.43. The lowest BCUT2D eigenvalue weighted by atomic mass is 9.98. The molecule has 0 fully saturated rings. The maximum atomic E-state index is 5.51. The van der Waals surface area contributed by atoms with E-state index in [1.807, 2.05) is 0 Å². The Hall–Kier alpha value is -1.98. The van der Waals surface area contributed by atoms with E-state index in [4.69, 9.17) is 5.73 Å². The number of fused-ring (bicyclic) bond motifs is 3. The van der Waals surface area contributed by atoms with Crippen LogP contribution in [0.3, 0.4) is 0 Å². The van der Waals surface area contributed by atoms with Crippen molar-refractivity contribution in [3.8, 4) is 11.4 Å². The second-order valence-corrected chi connectivity index (χ2v) is 3.16. The van der Waals surface area contributed by atoms with Crippen molar-refractivity contribution in [1.82, 2.24) is 20.3 Å². The van der Waals surface area contributed by atoms with Crippen molar-refractivity contribution in [3.05, 3.63) is 17.5 Å². The summed E-state index contributed by atoms with van der Waals surface area (Å²) in [4.78, 5) is 8.07. The Morgan fingerprint density at radius 3 is 3.07 bits per heavy atom.